The standard InChI is InChI=1S/C22H23NO/c1-21(2,3)16-22(15-9-12-17-10-5-4-6-11-17)18-13-7-8-14-19(18)23-20(22)24/h4-8,10-11,13-14H,15-16H2,1-3H3,(H,23,24)/t22-/m0/s1. The van der Waals surface area contributed by atoms with Crippen LogP contribution in [0.4, 0.5) is 5.69 Å². The van der Waals surface area contributed by atoms with Crippen molar-refractivity contribution >= 4 is 11.6 Å². The summed E-state index contributed by atoms with van der Waals surface area (Å²) in [6, 6.07) is 17.9. The van der Waals surface area contributed by atoms with Crippen molar-refractivity contribution in [2.24, 2.45) is 5.41 Å². The second-order valence-electron chi connectivity index (χ2n) is 7.66. The van der Waals surface area contributed by atoms with E-state index in [1.165, 1.54) is 0 Å². The first-order valence-electron chi connectivity index (χ1n) is 8.36. The number of hydrogen-bond donors (Lipinski definition) is 1. The number of nitrogens with one attached hydrogen (secondary N) is 1. The van der Waals surface area contributed by atoms with Gasteiger partial charge in [0.05, 0.1) is 5.41 Å². The fraction of sp³-hybridized carbons (Fsp3) is 0.318. The van der Waals surface area contributed by atoms with E-state index in [9.17, 15) is 4.79 Å². The van der Waals surface area contributed by atoms with Gasteiger partial charge in [-0.15, -0.1) is 0 Å². The third-order valence-corrected chi connectivity index (χ3v) is 4.35. The summed E-state index contributed by atoms with van der Waals surface area (Å²) in [4.78, 5) is 12.9. The Morgan fingerprint density at radius 2 is 1.67 bits per heavy atom. The molecule has 1 aliphatic heterocycles. The Morgan fingerprint density at radius 3 is 2.38 bits per heavy atom. The molecule has 1 amide bonds. The zero-order valence-electron chi connectivity index (χ0n) is 14.5. The summed E-state index contributed by atoms with van der Waals surface area (Å²) in [7, 11) is 0. The Kier molecular flexibility index (Phi) is 4.20. The van der Waals surface area contributed by atoms with Gasteiger partial charge in [-0.25, -0.2) is 0 Å². The highest BCUT2D eigenvalue weighted by Gasteiger charge is 2.48. The molecule has 0 unspecified atom stereocenters. The van der Waals surface area contributed by atoms with Crippen LogP contribution in [0.15, 0.2) is 54.6 Å². The average molecular weight is 317 g/mol. The van der Waals surface area contributed by atoms with Crippen LogP contribution in [0.1, 0.15) is 44.7 Å². The molecule has 2 aromatic rings. The van der Waals surface area contributed by atoms with E-state index in [2.05, 4.69) is 44.0 Å². The van der Waals surface area contributed by atoms with Gasteiger partial charge in [0, 0.05) is 17.7 Å². The second kappa shape index (κ2) is 6.17. The fourth-order valence-corrected chi connectivity index (χ4v) is 3.51. The third-order valence-electron chi connectivity index (χ3n) is 4.35. The van der Waals surface area contributed by atoms with Crippen LogP contribution < -0.4 is 5.32 Å². The van der Waals surface area contributed by atoms with Crippen molar-refractivity contribution in [1.29, 1.82) is 0 Å². The molecule has 1 aliphatic rings. The zero-order valence-corrected chi connectivity index (χ0v) is 14.5. The molecule has 2 heteroatoms. The highest BCUT2D eigenvalue weighted by atomic mass is 16.2. The highest BCUT2D eigenvalue weighted by molar-refractivity contribution is 6.06. The van der Waals surface area contributed by atoms with Crippen molar-refractivity contribution < 1.29 is 4.79 Å². The number of amides is 1. The summed E-state index contributed by atoms with van der Waals surface area (Å²) in [5.41, 5.74) is 2.44. The van der Waals surface area contributed by atoms with Crippen molar-refractivity contribution in [2.75, 3.05) is 5.32 Å². The predicted octanol–water partition coefficient (Wildman–Crippen LogP) is 4.75. The molecule has 2 aromatic carbocycles. The number of hydrogen-bond acceptors (Lipinski definition) is 1. The van der Waals surface area contributed by atoms with Crippen LogP contribution >= 0.6 is 0 Å². The first kappa shape index (κ1) is 16.3. The fourth-order valence-electron chi connectivity index (χ4n) is 3.51. The smallest absolute Gasteiger partial charge is 0.236 e. The molecule has 1 N–H and O–H groups in total. The first-order valence-corrected chi connectivity index (χ1v) is 8.36. The minimum absolute atomic E-state index is 0.0310. The van der Waals surface area contributed by atoms with Crippen LogP contribution in [-0.2, 0) is 10.2 Å². The number of anilines is 1. The minimum Gasteiger partial charge on any atom is -0.325 e. The second-order valence-corrected chi connectivity index (χ2v) is 7.66. The molecule has 1 heterocycles. The molecular weight excluding hydrogens is 294 g/mol. The third kappa shape index (κ3) is 3.21. The van der Waals surface area contributed by atoms with E-state index in [0.29, 0.717) is 6.42 Å². The number of fused-ring (bicyclic) bond motifs is 1. The summed E-state index contributed by atoms with van der Waals surface area (Å²) in [6.07, 6.45) is 1.30. The normalized spacial score (nSPS) is 19.2. The Balaban J connectivity index is 1.99. The summed E-state index contributed by atoms with van der Waals surface area (Å²) in [6.45, 7) is 6.52. The van der Waals surface area contributed by atoms with Crippen molar-refractivity contribution in [3.05, 3.63) is 65.7 Å². The molecule has 1 atom stereocenters. The molecular formula is C22H23NO. The summed E-state index contributed by atoms with van der Waals surface area (Å²) in [5.74, 6) is 6.54. The van der Waals surface area contributed by atoms with Gasteiger partial charge in [-0.1, -0.05) is 69.0 Å². The van der Waals surface area contributed by atoms with E-state index in [1.807, 2.05) is 48.5 Å². The topological polar surface area (TPSA) is 29.1 Å². The number of rotatable bonds is 2. The van der Waals surface area contributed by atoms with Gasteiger partial charge in [-0.3, -0.25) is 4.79 Å². The Bertz CT molecular complexity index is 805. The molecule has 24 heavy (non-hydrogen) atoms. The Hall–Kier alpha value is -2.53. The van der Waals surface area contributed by atoms with Gasteiger partial charge < -0.3 is 5.32 Å². The van der Waals surface area contributed by atoms with Crippen LogP contribution in [0, 0.1) is 17.3 Å². The number of para-hydroxylation sites is 1. The molecule has 0 aromatic heterocycles. The van der Waals surface area contributed by atoms with E-state index in [0.717, 1.165) is 23.2 Å². The minimum atomic E-state index is -0.573. The van der Waals surface area contributed by atoms with Gasteiger partial charge in [-0.05, 0) is 35.6 Å². The van der Waals surface area contributed by atoms with Gasteiger partial charge in [0.2, 0.25) is 5.91 Å². The highest BCUT2D eigenvalue weighted by Crippen LogP contribution is 2.46. The van der Waals surface area contributed by atoms with Crippen LogP contribution in [0.5, 0.6) is 0 Å². The van der Waals surface area contributed by atoms with E-state index in [4.69, 9.17) is 0 Å². The van der Waals surface area contributed by atoms with Crippen LogP contribution in [0.2, 0.25) is 0 Å². The lowest BCUT2D eigenvalue weighted by atomic mass is 9.68. The number of carbonyl (C=O) groups is 1. The van der Waals surface area contributed by atoms with Crippen molar-refractivity contribution in [3.63, 3.8) is 0 Å². The maximum absolute atomic E-state index is 12.9. The molecule has 0 fully saturated rings. The Labute approximate surface area is 144 Å². The van der Waals surface area contributed by atoms with Gasteiger partial charge in [-0.2, -0.15) is 0 Å². The SMILES string of the molecule is CC(C)(C)C[C@]1(CC#Cc2ccccc2)C(=O)Nc2ccccc21. The monoisotopic (exact) mass is 317 g/mol. The van der Waals surface area contributed by atoms with E-state index in [1.54, 1.807) is 0 Å². The van der Waals surface area contributed by atoms with Gasteiger partial charge in [0.1, 0.15) is 0 Å². The average Bonchev–Trinajstić information content (AvgIpc) is 2.79. The molecule has 0 radical (unpaired) electrons. The lowest BCUT2D eigenvalue weighted by Crippen LogP contribution is -2.38. The van der Waals surface area contributed by atoms with Crippen molar-refractivity contribution in [2.45, 2.75) is 39.0 Å². The maximum Gasteiger partial charge on any atom is 0.236 e. The molecule has 0 bridgehead atoms. The summed E-state index contributed by atoms with van der Waals surface area (Å²) in [5, 5.41) is 3.05. The lowest BCUT2D eigenvalue weighted by Gasteiger charge is -2.32. The van der Waals surface area contributed by atoms with Gasteiger partial charge >= 0.3 is 0 Å². The number of benzene rings is 2. The predicted molar refractivity (Wildman–Crippen MR) is 98.8 cm³/mol. The van der Waals surface area contributed by atoms with Crippen LogP contribution in [0.3, 0.4) is 0 Å². The molecule has 0 saturated carbocycles. The maximum atomic E-state index is 12.9. The zero-order chi connectivity index (χ0) is 17.2. The quantitative estimate of drug-likeness (QED) is 0.795. The van der Waals surface area contributed by atoms with Crippen molar-refractivity contribution in [3.8, 4) is 11.8 Å². The molecule has 0 spiro atoms. The van der Waals surface area contributed by atoms with E-state index >= 15 is 0 Å². The summed E-state index contributed by atoms with van der Waals surface area (Å²) >= 11 is 0. The number of carbonyl (C=O) groups excluding carboxylic acids is 1. The molecule has 2 nitrogen and oxygen atoms in total. The van der Waals surface area contributed by atoms with Crippen LogP contribution in [0.25, 0.3) is 0 Å². The van der Waals surface area contributed by atoms with Gasteiger partial charge in [0.15, 0.2) is 0 Å². The molecule has 0 saturated heterocycles. The lowest BCUT2D eigenvalue weighted by molar-refractivity contribution is -0.121. The van der Waals surface area contributed by atoms with Crippen LogP contribution in [-0.4, -0.2) is 5.91 Å². The van der Waals surface area contributed by atoms with Gasteiger partial charge in [0.25, 0.3) is 0 Å². The summed E-state index contributed by atoms with van der Waals surface area (Å²) < 4.78 is 0. The first-order chi connectivity index (χ1) is 11.4. The Morgan fingerprint density at radius 1 is 1.00 bits per heavy atom. The van der Waals surface area contributed by atoms with Crippen molar-refractivity contribution in [1.82, 2.24) is 0 Å². The molecule has 3 rings (SSSR count). The molecule has 122 valence electrons. The van der Waals surface area contributed by atoms with E-state index < -0.39 is 5.41 Å². The molecule has 0 aliphatic carbocycles. The largest absolute Gasteiger partial charge is 0.325 e. The van der Waals surface area contributed by atoms with E-state index in [-0.39, 0.29) is 11.3 Å².